The van der Waals surface area contributed by atoms with E-state index in [9.17, 15) is 9.59 Å². The number of piperidine rings is 1. The van der Waals surface area contributed by atoms with Crippen LogP contribution in [0.1, 0.15) is 31.2 Å². The van der Waals surface area contributed by atoms with Crippen LogP contribution in [-0.4, -0.2) is 54.0 Å². The van der Waals surface area contributed by atoms with Crippen molar-refractivity contribution in [3.8, 4) is 5.75 Å². The monoisotopic (exact) mass is 369 g/mol. The average molecular weight is 369 g/mol. The van der Waals surface area contributed by atoms with E-state index in [1.807, 2.05) is 29.2 Å². The van der Waals surface area contributed by atoms with Gasteiger partial charge in [0.15, 0.2) is 0 Å². The number of carbonyl (C=O) groups excluding carboxylic acids is 1. The Kier molecular flexibility index (Phi) is 5.16. The van der Waals surface area contributed by atoms with Crippen LogP contribution >= 0.6 is 0 Å². The molecule has 3 heterocycles. The van der Waals surface area contributed by atoms with Crippen LogP contribution in [0.4, 0.5) is 0 Å². The topological polar surface area (TPSA) is 65.6 Å². The van der Waals surface area contributed by atoms with Crippen molar-refractivity contribution >= 4 is 16.8 Å². The number of benzene rings is 1. The maximum atomic E-state index is 12.6. The van der Waals surface area contributed by atoms with Crippen LogP contribution in [0.15, 0.2) is 29.1 Å². The quantitative estimate of drug-likeness (QED) is 0.899. The number of H-pyrrole nitrogens is 1. The van der Waals surface area contributed by atoms with E-state index >= 15 is 0 Å². The molecule has 1 aromatic heterocycles. The van der Waals surface area contributed by atoms with Crippen LogP contribution in [0.25, 0.3) is 10.9 Å². The van der Waals surface area contributed by atoms with Crippen LogP contribution < -0.4 is 10.3 Å². The van der Waals surface area contributed by atoms with Gasteiger partial charge in [0.05, 0.1) is 7.11 Å². The number of aromatic amines is 1. The molecular formula is C21H27N3O3. The highest BCUT2D eigenvalue weighted by atomic mass is 16.5. The summed E-state index contributed by atoms with van der Waals surface area (Å²) < 4.78 is 5.28. The number of carbonyl (C=O) groups is 1. The molecule has 0 bridgehead atoms. The molecule has 2 aliphatic rings. The minimum Gasteiger partial charge on any atom is -0.497 e. The van der Waals surface area contributed by atoms with Crippen LogP contribution in [0.2, 0.25) is 0 Å². The Morgan fingerprint density at radius 2 is 1.89 bits per heavy atom. The van der Waals surface area contributed by atoms with Gasteiger partial charge in [-0.3, -0.25) is 14.5 Å². The fraction of sp³-hybridized carbons (Fsp3) is 0.524. The van der Waals surface area contributed by atoms with Crippen LogP contribution in [-0.2, 0) is 11.3 Å². The average Bonchev–Trinajstić information content (AvgIpc) is 3.23. The maximum absolute atomic E-state index is 12.6. The van der Waals surface area contributed by atoms with Gasteiger partial charge in [0.25, 0.3) is 5.56 Å². The molecule has 2 saturated heterocycles. The van der Waals surface area contributed by atoms with Crippen molar-refractivity contribution in [1.82, 2.24) is 14.8 Å². The first-order valence-corrected chi connectivity index (χ1v) is 9.85. The molecule has 4 rings (SSSR count). The largest absolute Gasteiger partial charge is 0.497 e. The normalized spacial score (nSPS) is 18.9. The predicted octanol–water partition coefficient (Wildman–Crippen LogP) is 2.37. The molecule has 0 radical (unpaired) electrons. The van der Waals surface area contributed by atoms with Crippen molar-refractivity contribution in [3.05, 3.63) is 40.2 Å². The fourth-order valence-corrected chi connectivity index (χ4v) is 4.25. The third-order valence-corrected chi connectivity index (χ3v) is 5.88. The van der Waals surface area contributed by atoms with E-state index < -0.39 is 0 Å². The van der Waals surface area contributed by atoms with E-state index in [-0.39, 0.29) is 11.5 Å². The molecule has 1 amide bonds. The summed E-state index contributed by atoms with van der Waals surface area (Å²) >= 11 is 0. The third kappa shape index (κ3) is 3.86. The lowest BCUT2D eigenvalue weighted by Gasteiger charge is -2.33. The summed E-state index contributed by atoms with van der Waals surface area (Å²) in [4.78, 5) is 32.3. The van der Waals surface area contributed by atoms with Crippen molar-refractivity contribution in [3.63, 3.8) is 0 Å². The number of rotatable bonds is 4. The van der Waals surface area contributed by atoms with Crippen molar-refractivity contribution in [2.24, 2.45) is 5.92 Å². The maximum Gasteiger partial charge on any atom is 0.252 e. The van der Waals surface area contributed by atoms with Crippen LogP contribution in [0, 0.1) is 5.92 Å². The van der Waals surface area contributed by atoms with Gasteiger partial charge in [0.2, 0.25) is 5.91 Å². The smallest absolute Gasteiger partial charge is 0.252 e. The second-order valence-electron chi connectivity index (χ2n) is 7.66. The number of hydrogen-bond acceptors (Lipinski definition) is 4. The Labute approximate surface area is 159 Å². The Hall–Kier alpha value is -2.34. The predicted molar refractivity (Wildman–Crippen MR) is 105 cm³/mol. The van der Waals surface area contributed by atoms with Gasteiger partial charge < -0.3 is 14.6 Å². The Morgan fingerprint density at radius 1 is 1.15 bits per heavy atom. The summed E-state index contributed by atoms with van der Waals surface area (Å²) in [6.07, 6.45) is 4.05. The first kappa shape index (κ1) is 18.0. The van der Waals surface area contributed by atoms with E-state index in [0.29, 0.717) is 12.5 Å². The molecule has 0 unspecified atom stereocenters. The van der Waals surface area contributed by atoms with Gasteiger partial charge in [0.1, 0.15) is 5.75 Å². The van der Waals surface area contributed by atoms with E-state index in [2.05, 4.69) is 9.88 Å². The van der Waals surface area contributed by atoms with Crippen LogP contribution in [0.5, 0.6) is 5.75 Å². The molecule has 0 aliphatic carbocycles. The zero-order valence-corrected chi connectivity index (χ0v) is 15.9. The van der Waals surface area contributed by atoms with Gasteiger partial charge in [-0.15, -0.1) is 0 Å². The molecule has 0 saturated carbocycles. The second kappa shape index (κ2) is 7.72. The number of methoxy groups -OCH3 is 1. The molecule has 1 aromatic carbocycles. The number of aromatic nitrogens is 1. The Balaban J connectivity index is 1.41. The number of ether oxygens (including phenoxy) is 1. The van der Waals surface area contributed by atoms with E-state index in [1.165, 1.54) is 0 Å². The van der Waals surface area contributed by atoms with Gasteiger partial charge in [-0.05, 0) is 63.0 Å². The fourth-order valence-electron chi connectivity index (χ4n) is 4.25. The lowest BCUT2D eigenvalue weighted by Crippen LogP contribution is -2.41. The molecule has 0 spiro atoms. The van der Waals surface area contributed by atoms with Gasteiger partial charge in [-0.1, -0.05) is 0 Å². The molecule has 6 heteroatoms. The second-order valence-corrected chi connectivity index (χ2v) is 7.66. The van der Waals surface area contributed by atoms with E-state index in [1.54, 1.807) is 7.11 Å². The molecule has 144 valence electrons. The van der Waals surface area contributed by atoms with Gasteiger partial charge >= 0.3 is 0 Å². The zero-order valence-electron chi connectivity index (χ0n) is 15.9. The summed E-state index contributed by atoms with van der Waals surface area (Å²) in [5.74, 6) is 1.27. The highest BCUT2D eigenvalue weighted by Crippen LogP contribution is 2.24. The first-order valence-electron chi connectivity index (χ1n) is 9.85. The molecule has 2 fully saturated rings. The van der Waals surface area contributed by atoms with E-state index in [0.717, 1.165) is 74.1 Å². The summed E-state index contributed by atoms with van der Waals surface area (Å²) in [5, 5.41) is 0.975. The molecule has 6 nitrogen and oxygen atoms in total. The summed E-state index contributed by atoms with van der Waals surface area (Å²) in [7, 11) is 1.64. The number of nitrogens with one attached hydrogen (secondary N) is 1. The molecule has 1 N–H and O–H groups in total. The Bertz CT molecular complexity index is 878. The molecule has 27 heavy (non-hydrogen) atoms. The lowest BCUT2D eigenvalue weighted by atomic mass is 9.95. The number of pyridine rings is 1. The minimum absolute atomic E-state index is 0.0390. The number of fused-ring (bicyclic) bond motifs is 1. The minimum atomic E-state index is -0.0390. The summed E-state index contributed by atoms with van der Waals surface area (Å²) in [6.45, 7) is 4.19. The molecule has 2 aliphatic heterocycles. The zero-order chi connectivity index (χ0) is 18.8. The SMILES string of the molecule is COc1ccc2[nH]c(=O)c(CN3CCC(C(=O)N4CCCC4)CC3)cc2c1. The van der Waals surface area contributed by atoms with Crippen molar-refractivity contribution < 1.29 is 9.53 Å². The Morgan fingerprint density at radius 3 is 2.59 bits per heavy atom. The van der Waals surface area contributed by atoms with Crippen molar-refractivity contribution in [2.75, 3.05) is 33.3 Å². The lowest BCUT2D eigenvalue weighted by molar-refractivity contribution is -0.136. The first-order chi connectivity index (χ1) is 13.1. The van der Waals surface area contributed by atoms with Gasteiger partial charge in [-0.2, -0.15) is 0 Å². The van der Waals surface area contributed by atoms with E-state index in [4.69, 9.17) is 4.74 Å². The highest BCUT2D eigenvalue weighted by Gasteiger charge is 2.29. The third-order valence-electron chi connectivity index (χ3n) is 5.88. The van der Waals surface area contributed by atoms with Gasteiger partial charge in [-0.25, -0.2) is 0 Å². The number of hydrogen-bond donors (Lipinski definition) is 1. The number of nitrogens with zero attached hydrogens (tertiary/aromatic N) is 2. The molecule has 2 aromatic rings. The summed E-state index contributed by atoms with van der Waals surface area (Å²) in [6, 6.07) is 7.61. The molecule has 0 atom stereocenters. The standard InChI is InChI=1S/C21H27N3O3/c1-27-18-4-5-19-16(13-18)12-17(20(25)22-19)14-23-10-6-15(7-11-23)21(26)24-8-2-3-9-24/h4-5,12-13,15H,2-3,6-11,14H2,1H3,(H,22,25). The highest BCUT2D eigenvalue weighted by molar-refractivity contribution is 5.80. The van der Waals surface area contributed by atoms with Gasteiger partial charge in [0, 0.05) is 42.0 Å². The van der Waals surface area contributed by atoms with Crippen LogP contribution in [0.3, 0.4) is 0 Å². The van der Waals surface area contributed by atoms with Crippen molar-refractivity contribution in [2.45, 2.75) is 32.2 Å². The number of amides is 1. The molecular weight excluding hydrogens is 342 g/mol. The number of likely N-dealkylation sites (tertiary alicyclic amines) is 2. The van der Waals surface area contributed by atoms with Crippen molar-refractivity contribution in [1.29, 1.82) is 0 Å². The summed E-state index contributed by atoms with van der Waals surface area (Å²) in [5.41, 5.74) is 1.54.